The van der Waals surface area contributed by atoms with Gasteiger partial charge in [-0.3, -0.25) is 0 Å². The Morgan fingerprint density at radius 1 is 0.909 bits per heavy atom. The molecule has 7 nitrogen and oxygen atoms in total. The summed E-state index contributed by atoms with van der Waals surface area (Å²) in [6.07, 6.45) is -1.85. The quantitative estimate of drug-likeness (QED) is 0.452. The Balaban J connectivity index is 5.22. The molecule has 0 saturated carbocycles. The van der Waals surface area contributed by atoms with Crippen molar-refractivity contribution in [2.24, 2.45) is 0 Å². The number of carbonyl (C=O) groups excluding carboxylic acids is 3. The van der Waals surface area contributed by atoms with Gasteiger partial charge in [-0.2, -0.15) is 0 Å². The van der Waals surface area contributed by atoms with Crippen LogP contribution in [0, 0.1) is 0 Å². The molecule has 0 fully saturated rings. The molecule has 0 aromatic heterocycles. The molecule has 0 bridgehead atoms. The normalized spacial score (nSPS) is 11.4. The van der Waals surface area contributed by atoms with Gasteiger partial charge in [0.05, 0.1) is 19.2 Å². The summed E-state index contributed by atoms with van der Waals surface area (Å²) in [5, 5.41) is 0. The molecule has 0 saturated heterocycles. The summed E-state index contributed by atoms with van der Waals surface area (Å²) in [6.45, 7) is 13.1. The van der Waals surface area contributed by atoms with Crippen LogP contribution in [0.2, 0.25) is 0 Å². The van der Waals surface area contributed by atoms with Crippen LogP contribution in [0.1, 0.15) is 41.5 Å². The first kappa shape index (κ1) is 19.9. The van der Waals surface area contributed by atoms with E-state index in [0.717, 1.165) is 0 Å². The fourth-order valence-electron chi connectivity index (χ4n) is 1.24. The zero-order valence-electron chi connectivity index (χ0n) is 14.3. The maximum Gasteiger partial charge on any atom is 0.420 e. The summed E-state index contributed by atoms with van der Waals surface area (Å²) in [6, 6.07) is 0. The minimum absolute atomic E-state index is 0.0702. The number of hydrogen-bond donors (Lipinski definition) is 0. The molecular formula is C15H25NO6. The number of ether oxygens (including phenoxy) is 3. The van der Waals surface area contributed by atoms with Gasteiger partial charge >= 0.3 is 18.2 Å². The Bertz CT molecular complexity index is 428. The molecule has 0 spiro atoms. The predicted molar refractivity (Wildman–Crippen MR) is 80.3 cm³/mol. The van der Waals surface area contributed by atoms with Crippen LogP contribution in [-0.2, 0) is 19.0 Å². The lowest BCUT2D eigenvalue weighted by Gasteiger charge is -2.28. The lowest BCUT2D eigenvalue weighted by atomic mass is 10.2. The summed E-state index contributed by atoms with van der Waals surface area (Å²) in [5.41, 5.74) is -1.67. The first-order valence-corrected chi connectivity index (χ1v) is 6.76. The van der Waals surface area contributed by atoms with Gasteiger partial charge in [-0.1, -0.05) is 6.58 Å². The van der Waals surface area contributed by atoms with Crippen molar-refractivity contribution in [3.63, 3.8) is 0 Å². The van der Waals surface area contributed by atoms with E-state index >= 15 is 0 Å². The average Bonchev–Trinajstić information content (AvgIpc) is 2.29. The van der Waals surface area contributed by atoms with E-state index in [0.29, 0.717) is 4.90 Å². The number of nitrogens with zero attached hydrogens (tertiary/aromatic N) is 1. The molecule has 0 heterocycles. The SMILES string of the molecule is C=C(CN(C(=O)OC(C)(C)C)C(=O)OC(C)(C)C)C(=O)OC. The highest BCUT2D eigenvalue weighted by Gasteiger charge is 2.32. The standard InChI is InChI=1S/C15H25NO6/c1-10(11(17)20-8)9-16(12(18)21-14(2,3)4)13(19)22-15(5,6)7/h1,9H2,2-8H3. The summed E-state index contributed by atoms with van der Waals surface area (Å²) >= 11 is 0. The zero-order valence-corrected chi connectivity index (χ0v) is 14.3. The lowest BCUT2D eigenvalue weighted by molar-refractivity contribution is -0.136. The molecule has 7 heteroatoms. The molecule has 0 aliphatic carbocycles. The van der Waals surface area contributed by atoms with Crippen molar-refractivity contribution in [1.29, 1.82) is 0 Å². The molecule has 0 aromatic rings. The number of rotatable bonds is 3. The number of methoxy groups -OCH3 is 1. The number of imide groups is 1. The van der Waals surface area contributed by atoms with Crippen LogP contribution in [0.25, 0.3) is 0 Å². The van der Waals surface area contributed by atoms with E-state index in [-0.39, 0.29) is 12.1 Å². The zero-order chi connectivity index (χ0) is 17.7. The van der Waals surface area contributed by atoms with Gasteiger partial charge in [0.1, 0.15) is 11.2 Å². The minimum atomic E-state index is -0.924. The van der Waals surface area contributed by atoms with E-state index in [4.69, 9.17) is 9.47 Å². The number of esters is 1. The van der Waals surface area contributed by atoms with Crippen LogP contribution < -0.4 is 0 Å². The van der Waals surface area contributed by atoms with Crippen molar-refractivity contribution in [3.05, 3.63) is 12.2 Å². The third-order valence-corrected chi connectivity index (χ3v) is 2.05. The summed E-state index contributed by atoms with van der Waals surface area (Å²) in [7, 11) is 1.18. The molecule has 0 atom stereocenters. The summed E-state index contributed by atoms with van der Waals surface area (Å²) in [5.74, 6) is -0.725. The van der Waals surface area contributed by atoms with Gasteiger partial charge in [0.25, 0.3) is 0 Å². The van der Waals surface area contributed by atoms with Crippen molar-refractivity contribution in [1.82, 2.24) is 4.90 Å². The van der Waals surface area contributed by atoms with Crippen LogP contribution in [-0.4, -0.2) is 47.9 Å². The van der Waals surface area contributed by atoms with Gasteiger partial charge in [0, 0.05) is 0 Å². The van der Waals surface area contributed by atoms with Gasteiger partial charge in [-0.25, -0.2) is 19.3 Å². The second-order valence-electron chi connectivity index (χ2n) is 6.64. The molecule has 2 amide bonds. The maximum absolute atomic E-state index is 12.1. The molecule has 0 aliphatic rings. The molecule has 0 N–H and O–H groups in total. The van der Waals surface area contributed by atoms with Gasteiger partial charge in [-0.15, -0.1) is 0 Å². The second-order valence-corrected chi connectivity index (χ2v) is 6.64. The predicted octanol–water partition coefficient (Wildman–Crippen LogP) is 2.89. The Labute approximate surface area is 131 Å². The highest BCUT2D eigenvalue weighted by molar-refractivity contribution is 5.93. The summed E-state index contributed by atoms with van der Waals surface area (Å²) < 4.78 is 14.8. The first-order chi connectivity index (χ1) is 9.76. The third kappa shape index (κ3) is 7.66. The second kappa shape index (κ2) is 7.29. The molecule has 0 radical (unpaired) electrons. The Morgan fingerprint density at radius 3 is 1.55 bits per heavy atom. The van der Waals surface area contributed by atoms with Gasteiger partial charge < -0.3 is 14.2 Å². The largest absolute Gasteiger partial charge is 0.466 e. The van der Waals surface area contributed by atoms with E-state index in [1.165, 1.54) is 7.11 Å². The van der Waals surface area contributed by atoms with E-state index in [2.05, 4.69) is 11.3 Å². The third-order valence-electron chi connectivity index (χ3n) is 2.05. The Hall–Kier alpha value is -2.05. The Morgan fingerprint density at radius 2 is 1.27 bits per heavy atom. The number of carbonyl (C=O) groups is 3. The van der Waals surface area contributed by atoms with Crippen molar-refractivity contribution in [3.8, 4) is 0 Å². The van der Waals surface area contributed by atoms with Crippen LogP contribution in [0.15, 0.2) is 12.2 Å². The lowest BCUT2D eigenvalue weighted by Crippen LogP contribution is -2.45. The van der Waals surface area contributed by atoms with Gasteiger partial charge in [0.2, 0.25) is 0 Å². The van der Waals surface area contributed by atoms with Crippen LogP contribution in [0.5, 0.6) is 0 Å². The molecule has 0 rings (SSSR count). The first-order valence-electron chi connectivity index (χ1n) is 6.76. The fourth-order valence-corrected chi connectivity index (χ4v) is 1.24. The van der Waals surface area contributed by atoms with E-state index < -0.39 is 29.4 Å². The minimum Gasteiger partial charge on any atom is -0.466 e. The van der Waals surface area contributed by atoms with Gasteiger partial charge in [-0.05, 0) is 41.5 Å². The topological polar surface area (TPSA) is 82.1 Å². The van der Waals surface area contributed by atoms with Crippen molar-refractivity contribution in [2.75, 3.05) is 13.7 Å². The van der Waals surface area contributed by atoms with Crippen LogP contribution >= 0.6 is 0 Å². The highest BCUT2D eigenvalue weighted by atomic mass is 16.6. The van der Waals surface area contributed by atoms with Gasteiger partial charge in [0.15, 0.2) is 0 Å². The van der Waals surface area contributed by atoms with E-state index in [1.807, 2.05) is 0 Å². The van der Waals surface area contributed by atoms with Crippen molar-refractivity contribution in [2.45, 2.75) is 52.7 Å². The molecule has 0 unspecified atom stereocenters. The highest BCUT2D eigenvalue weighted by Crippen LogP contribution is 2.15. The van der Waals surface area contributed by atoms with Crippen LogP contribution in [0.4, 0.5) is 9.59 Å². The summed E-state index contributed by atoms with van der Waals surface area (Å²) in [4.78, 5) is 36.4. The van der Waals surface area contributed by atoms with Crippen LogP contribution in [0.3, 0.4) is 0 Å². The van der Waals surface area contributed by atoms with E-state index in [1.54, 1.807) is 41.5 Å². The monoisotopic (exact) mass is 315 g/mol. The number of amides is 2. The molecule has 126 valence electrons. The molecule has 0 aromatic carbocycles. The average molecular weight is 315 g/mol. The smallest absolute Gasteiger partial charge is 0.420 e. The number of hydrogen-bond acceptors (Lipinski definition) is 6. The van der Waals surface area contributed by atoms with Crippen molar-refractivity contribution < 1.29 is 28.6 Å². The Kier molecular flexibility index (Phi) is 6.61. The van der Waals surface area contributed by atoms with Crippen molar-refractivity contribution >= 4 is 18.2 Å². The molecular weight excluding hydrogens is 290 g/mol. The molecule has 22 heavy (non-hydrogen) atoms. The molecule has 0 aliphatic heterocycles. The van der Waals surface area contributed by atoms with E-state index in [9.17, 15) is 14.4 Å². The fraction of sp³-hybridized carbons (Fsp3) is 0.667. The maximum atomic E-state index is 12.1.